The van der Waals surface area contributed by atoms with E-state index in [1.54, 1.807) is 0 Å². The number of urea groups is 2. The zero-order chi connectivity index (χ0) is 11.1. The minimum atomic E-state index is -0.880. The molecule has 7 heteroatoms. The van der Waals surface area contributed by atoms with Gasteiger partial charge in [0.25, 0.3) is 0 Å². The molecule has 0 radical (unpaired) electrons. The number of nitrogens with two attached hydrogens (primary N) is 3. The van der Waals surface area contributed by atoms with Crippen LogP contribution in [-0.4, -0.2) is 43.3 Å². The highest BCUT2D eigenvalue weighted by Gasteiger charge is 2.20. The third-order valence-corrected chi connectivity index (χ3v) is 1.74. The molecule has 0 fully saturated rings. The number of imide groups is 1. The first-order valence-corrected chi connectivity index (χ1v) is 4.04. The van der Waals surface area contributed by atoms with Crippen molar-refractivity contribution in [1.29, 1.82) is 0 Å². The van der Waals surface area contributed by atoms with E-state index < -0.39 is 12.1 Å². The highest BCUT2D eigenvalue weighted by Crippen LogP contribution is 2.00. The largest absolute Gasteiger partial charge is 0.351 e. The molecule has 0 aromatic carbocycles. The van der Waals surface area contributed by atoms with Crippen LogP contribution in [0.3, 0.4) is 0 Å². The van der Waals surface area contributed by atoms with Gasteiger partial charge in [-0.1, -0.05) is 0 Å². The van der Waals surface area contributed by atoms with Crippen molar-refractivity contribution in [3.8, 4) is 0 Å². The number of carbonyl (C=O) groups is 2. The van der Waals surface area contributed by atoms with Crippen LogP contribution in [0, 0.1) is 5.92 Å². The van der Waals surface area contributed by atoms with Gasteiger partial charge in [0.2, 0.25) is 0 Å². The van der Waals surface area contributed by atoms with E-state index in [9.17, 15) is 9.59 Å². The Labute approximate surface area is 81.9 Å². The van der Waals surface area contributed by atoms with Crippen LogP contribution in [0.5, 0.6) is 0 Å². The Kier molecular flexibility index (Phi) is 5.42. The van der Waals surface area contributed by atoms with Crippen LogP contribution < -0.4 is 17.2 Å². The number of nitrogens with zero attached hydrogens (tertiary/aromatic N) is 2. The number of hydrogen-bond donors (Lipinski definition) is 3. The van der Waals surface area contributed by atoms with E-state index in [0.717, 1.165) is 4.90 Å². The lowest BCUT2D eigenvalue weighted by Gasteiger charge is -2.20. The first-order valence-electron chi connectivity index (χ1n) is 4.04. The molecule has 0 aromatic heterocycles. The fourth-order valence-corrected chi connectivity index (χ4v) is 0.851. The molecule has 6 N–H and O–H groups in total. The van der Waals surface area contributed by atoms with Crippen LogP contribution in [0.4, 0.5) is 9.59 Å². The quantitative estimate of drug-likeness (QED) is 0.489. The first kappa shape index (κ1) is 12.5. The minimum Gasteiger partial charge on any atom is -0.351 e. The average Bonchev–Trinajstić information content (AvgIpc) is 2.18. The fraction of sp³-hybridized carbons (Fsp3) is 0.571. The number of primary amides is 1. The van der Waals surface area contributed by atoms with Gasteiger partial charge in [-0.05, 0) is 19.8 Å². The van der Waals surface area contributed by atoms with Gasteiger partial charge in [0, 0.05) is 12.5 Å². The lowest BCUT2D eigenvalue weighted by molar-refractivity contribution is 0.191. The van der Waals surface area contributed by atoms with Gasteiger partial charge in [-0.3, -0.25) is 0 Å². The molecule has 0 rings (SSSR count). The van der Waals surface area contributed by atoms with Gasteiger partial charge in [0.15, 0.2) is 0 Å². The van der Waals surface area contributed by atoms with E-state index in [1.807, 2.05) is 0 Å². The normalized spacial score (nSPS) is 9.93. The summed E-state index contributed by atoms with van der Waals surface area (Å²) in [5.74, 6) is -0.173. The van der Waals surface area contributed by atoms with Gasteiger partial charge in [-0.15, -0.1) is 0 Å². The zero-order valence-corrected chi connectivity index (χ0v) is 7.85. The number of hydrogen-bond acceptors (Lipinski definition) is 4. The molecule has 0 saturated heterocycles. The summed E-state index contributed by atoms with van der Waals surface area (Å²) < 4.78 is 0. The molecule has 0 bridgehead atoms. The summed E-state index contributed by atoms with van der Waals surface area (Å²) in [6.07, 6.45) is 0. The second kappa shape index (κ2) is 6.06. The molecule has 0 aliphatic rings. The smallest absolute Gasteiger partial charge is 0.351 e. The van der Waals surface area contributed by atoms with Crippen LogP contribution in [-0.2, 0) is 0 Å². The molecular formula is C7H15N5O2. The summed E-state index contributed by atoms with van der Waals surface area (Å²) in [6, 6.07) is -1.67. The zero-order valence-electron chi connectivity index (χ0n) is 7.85. The standard InChI is InChI=1S/C7H15N5O2/c1-11-7(14)12(6(10)13)4-5(2-8)3-9/h5H,1-4,8-9H2,(H2,10,13). The van der Waals surface area contributed by atoms with Gasteiger partial charge in [0.05, 0.1) is 0 Å². The third-order valence-electron chi connectivity index (χ3n) is 1.74. The van der Waals surface area contributed by atoms with E-state index in [2.05, 4.69) is 11.7 Å². The summed E-state index contributed by atoms with van der Waals surface area (Å²) in [4.78, 5) is 25.7. The maximum absolute atomic E-state index is 11.0. The molecule has 0 saturated carbocycles. The van der Waals surface area contributed by atoms with Crippen molar-refractivity contribution < 1.29 is 9.59 Å². The van der Waals surface area contributed by atoms with Crippen LogP contribution in [0.15, 0.2) is 4.99 Å². The van der Waals surface area contributed by atoms with Crippen molar-refractivity contribution in [2.75, 3.05) is 19.6 Å². The van der Waals surface area contributed by atoms with E-state index in [0.29, 0.717) is 0 Å². The molecule has 0 aliphatic heterocycles. The lowest BCUT2D eigenvalue weighted by atomic mass is 10.1. The molecular weight excluding hydrogens is 186 g/mol. The molecule has 0 unspecified atom stereocenters. The van der Waals surface area contributed by atoms with Crippen molar-refractivity contribution in [2.24, 2.45) is 28.1 Å². The van der Waals surface area contributed by atoms with Gasteiger partial charge in [-0.2, -0.15) is 0 Å². The Morgan fingerprint density at radius 3 is 2.14 bits per heavy atom. The predicted octanol–water partition coefficient (Wildman–Crippen LogP) is -1.28. The SMILES string of the molecule is C=NC(=O)N(CC(CN)CN)C(N)=O. The second-order valence-corrected chi connectivity index (χ2v) is 2.73. The molecule has 4 amide bonds. The van der Waals surface area contributed by atoms with Crippen LogP contribution in [0.2, 0.25) is 0 Å². The van der Waals surface area contributed by atoms with Crippen LogP contribution in [0.1, 0.15) is 0 Å². The molecule has 80 valence electrons. The van der Waals surface area contributed by atoms with Crippen LogP contribution >= 0.6 is 0 Å². The number of carbonyl (C=O) groups excluding carboxylic acids is 2. The summed E-state index contributed by atoms with van der Waals surface area (Å²) in [7, 11) is 0. The van der Waals surface area contributed by atoms with Crippen LogP contribution in [0.25, 0.3) is 0 Å². The average molecular weight is 201 g/mol. The monoisotopic (exact) mass is 201 g/mol. The Balaban J connectivity index is 4.43. The molecule has 0 aliphatic carbocycles. The summed E-state index contributed by atoms with van der Waals surface area (Å²) in [5.41, 5.74) is 15.7. The van der Waals surface area contributed by atoms with Gasteiger partial charge in [-0.25, -0.2) is 19.5 Å². The van der Waals surface area contributed by atoms with Gasteiger partial charge >= 0.3 is 12.1 Å². The Bertz CT molecular complexity index is 226. The van der Waals surface area contributed by atoms with Crippen molar-refractivity contribution in [3.05, 3.63) is 0 Å². The summed E-state index contributed by atoms with van der Waals surface area (Å²) in [6.45, 7) is 3.62. The highest BCUT2D eigenvalue weighted by molar-refractivity contribution is 5.94. The molecule has 0 aromatic rings. The van der Waals surface area contributed by atoms with Gasteiger partial charge < -0.3 is 17.2 Å². The topological polar surface area (TPSA) is 128 Å². The van der Waals surface area contributed by atoms with Crippen molar-refractivity contribution >= 4 is 18.8 Å². The van der Waals surface area contributed by atoms with Gasteiger partial charge in [0.1, 0.15) is 0 Å². The molecule has 0 heterocycles. The summed E-state index contributed by atoms with van der Waals surface area (Å²) in [5, 5.41) is 0. The number of aliphatic imine (C=N–C) groups is 1. The van der Waals surface area contributed by atoms with Crippen molar-refractivity contribution in [2.45, 2.75) is 0 Å². The Morgan fingerprint density at radius 1 is 1.36 bits per heavy atom. The number of amides is 4. The Hall–Kier alpha value is -1.47. The third kappa shape index (κ3) is 3.50. The van der Waals surface area contributed by atoms with Crippen molar-refractivity contribution in [3.63, 3.8) is 0 Å². The number of rotatable bonds is 4. The Morgan fingerprint density at radius 2 is 1.86 bits per heavy atom. The summed E-state index contributed by atoms with van der Waals surface area (Å²) >= 11 is 0. The van der Waals surface area contributed by atoms with E-state index in [4.69, 9.17) is 17.2 Å². The van der Waals surface area contributed by atoms with E-state index >= 15 is 0 Å². The highest BCUT2D eigenvalue weighted by atomic mass is 16.2. The van der Waals surface area contributed by atoms with E-state index in [-0.39, 0.29) is 25.6 Å². The van der Waals surface area contributed by atoms with Crippen molar-refractivity contribution in [1.82, 2.24) is 4.90 Å². The van der Waals surface area contributed by atoms with E-state index in [1.165, 1.54) is 0 Å². The predicted molar refractivity (Wildman–Crippen MR) is 52.8 cm³/mol. The molecule has 0 atom stereocenters. The lowest BCUT2D eigenvalue weighted by Crippen LogP contribution is -2.45. The first-order chi connectivity index (χ1) is 6.56. The molecule has 7 nitrogen and oxygen atoms in total. The second-order valence-electron chi connectivity index (χ2n) is 2.73. The minimum absolute atomic E-state index is 0.0696. The molecule has 0 spiro atoms. The maximum atomic E-state index is 11.0. The molecule has 14 heavy (non-hydrogen) atoms. The fourth-order valence-electron chi connectivity index (χ4n) is 0.851. The maximum Gasteiger partial charge on any atom is 0.351 e.